The maximum atomic E-state index is 12.3. The zero-order chi connectivity index (χ0) is 17.5. The molecule has 24 heavy (non-hydrogen) atoms. The van der Waals surface area contributed by atoms with E-state index in [0.29, 0.717) is 30.2 Å². The molecule has 0 aliphatic carbocycles. The molecule has 0 saturated heterocycles. The lowest BCUT2D eigenvalue weighted by Gasteiger charge is -2.12. The maximum Gasteiger partial charge on any atom is 0.341 e. The third kappa shape index (κ3) is 4.99. The van der Waals surface area contributed by atoms with E-state index in [0.717, 1.165) is 4.88 Å². The van der Waals surface area contributed by atoms with Gasteiger partial charge in [0, 0.05) is 15.3 Å². The first-order chi connectivity index (χ1) is 11.5. The first kappa shape index (κ1) is 17.8. The summed E-state index contributed by atoms with van der Waals surface area (Å²) in [6.07, 6.45) is 0. The van der Waals surface area contributed by atoms with Crippen LogP contribution in [0.1, 0.15) is 27.0 Å². The molecule has 1 amide bonds. The van der Waals surface area contributed by atoms with Gasteiger partial charge in [-0.1, -0.05) is 0 Å². The van der Waals surface area contributed by atoms with E-state index in [1.54, 1.807) is 30.4 Å². The van der Waals surface area contributed by atoms with Crippen molar-refractivity contribution in [3.05, 3.63) is 45.6 Å². The number of amides is 1. The summed E-state index contributed by atoms with van der Waals surface area (Å²) in [5.74, 6) is -0.666. The minimum absolute atomic E-state index is 0.230. The number of carbonyl (C=O) groups is 2. The van der Waals surface area contributed by atoms with Crippen molar-refractivity contribution in [1.82, 2.24) is 5.32 Å². The molecular formula is C17H19NO5S. The summed E-state index contributed by atoms with van der Waals surface area (Å²) < 4.78 is 10.6. The number of carboxylic acids is 1. The first-order valence-electron chi connectivity index (χ1n) is 7.44. The second-order valence-electron chi connectivity index (χ2n) is 4.97. The first-order valence-corrected chi connectivity index (χ1v) is 8.26. The van der Waals surface area contributed by atoms with Crippen molar-refractivity contribution in [1.29, 1.82) is 0 Å². The molecule has 0 aliphatic rings. The highest BCUT2D eigenvalue weighted by Crippen LogP contribution is 2.28. The van der Waals surface area contributed by atoms with Crippen molar-refractivity contribution in [2.45, 2.75) is 20.4 Å². The number of aliphatic carboxylic acids is 1. The highest BCUT2D eigenvalue weighted by Gasteiger charge is 2.13. The van der Waals surface area contributed by atoms with Gasteiger partial charge in [0.25, 0.3) is 5.91 Å². The quantitative estimate of drug-likeness (QED) is 0.765. The van der Waals surface area contributed by atoms with Gasteiger partial charge in [0.15, 0.2) is 18.1 Å². The van der Waals surface area contributed by atoms with Crippen molar-refractivity contribution in [3.8, 4) is 11.5 Å². The molecule has 1 aromatic heterocycles. The number of carbonyl (C=O) groups excluding carboxylic acids is 1. The van der Waals surface area contributed by atoms with E-state index in [4.69, 9.17) is 14.6 Å². The molecule has 1 heterocycles. The number of thiophene rings is 1. The van der Waals surface area contributed by atoms with Gasteiger partial charge in [-0.05, 0) is 44.2 Å². The van der Waals surface area contributed by atoms with Gasteiger partial charge in [0.1, 0.15) is 0 Å². The molecular weight excluding hydrogens is 330 g/mol. The zero-order valence-corrected chi connectivity index (χ0v) is 14.3. The van der Waals surface area contributed by atoms with Gasteiger partial charge in [-0.3, -0.25) is 4.79 Å². The molecule has 0 radical (unpaired) electrons. The van der Waals surface area contributed by atoms with E-state index in [1.807, 2.05) is 19.1 Å². The fourth-order valence-electron chi connectivity index (χ4n) is 2.03. The number of ether oxygens (including phenoxy) is 2. The number of aryl methyl sites for hydroxylation is 1. The standard InChI is InChI=1S/C17H19NO5S/c1-3-22-15-8-12(5-7-14(15)23-10-16(19)20)17(21)18-9-13-6-4-11(2)24-13/h4-8H,3,9-10H2,1-2H3,(H,18,21)(H,19,20). The molecule has 2 rings (SSSR count). The molecule has 7 heteroatoms. The Balaban J connectivity index is 2.06. The highest BCUT2D eigenvalue weighted by molar-refractivity contribution is 7.11. The van der Waals surface area contributed by atoms with Gasteiger partial charge in [0.2, 0.25) is 0 Å². The Morgan fingerprint density at radius 2 is 1.96 bits per heavy atom. The molecule has 0 aliphatic heterocycles. The van der Waals surface area contributed by atoms with E-state index in [2.05, 4.69) is 5.32 Å². The van der Waals surface area contributed by atoms with Crippen LogP contribution in [0.15, 0.2) is 30.3 Å². The molecule has 0 unspecified atom stereocenters. The molecule has 0 spiro atoms. The van der Waals surface area contributed by atoms with Gasteiger partial charge in [-0.2, -0.15) is 0 Å². The Hall–Kier alpha value is -2.54. The average Bonchev–Trinajstić information content (AvgIpc) is 2.97. The molecule has 1 aromatic carbocycles. The summed E-state index contributed by atoms with van der Waals surface area (Å²) in [4.78, 5) is 25.1. The summed E-state index contributed by atoms with van der Waals surface area (Å²) in [6.45, 7) is 4.18. The van der Waals surface area contributed by atoms with E-state index in [1.165, 1.54) is 10.9 Å². The van der Waals surface area contributed by atoms with Crippen LogP contribution in [0.3, 0.4) is 0 Å². The smallest absolute Gasteiger partial charge is 0.341 e. The number of hydrogen-bond acceptors (Lipinski definition) is 5. The average molecular weight is 349 g/mol. The third-order valence-electron chi connectivity index (χ3n) is 3.08. The summed E-state index contributed by atoms with van der Waals surface area (Å²) >= 11 is 1.63. The van der Waals surface area contributed by atoms with Gasteiger partial charge >= 0.3 is 5.97 Å². The molecule has 2 aromatic rings. The normalized spacial score (nSPS) is 10.2. The number of hydrogen-bond donors (Lipinski definition) is 2. The third-order valence-corrected chi connectivity index (χ3v) is 4.08. The van der Waals surface area contributed by atoms with Gasteiger partial charge in [-0.15, -0.1) is 11.3 Å². The number of nitrogens with one attached hydrogen (secondary N) is 1. The monoisotopic (exact) mass is 349 g/mol. The van der Waals surface area contributed by atoms with Crippen LogP contribution < -0.4 is 14.8 Å². The lowest BCUT2D eigenvalue weighted by molar-refractivity contribution is -0.139. The van der Waals surface area contributed by atoms with Crippen LogP contribution in [-0.4, -0.2) is 30.2 Å². The SMILES string of the molecule is CCOc1cc(C(=O)NCc2ccc(C)s2)ccc1OCC(=O)O. The van der Waals surface area contributed by atoms with Crippen LogP contribution in [0, 0.1) is 6.92 Å². The van der Waals surface area contributed by atoms with Crippen LogP contribution in [0.4, 0.5) is 0 Å². The number of rotatable bonds is 8. The Kier molecular flexibility index (Phi) is 6.20. The highest BCUT2D eigenvalue weighted by atomic mass is 32.1. The van der Waals surface area contributed by atoms with Crippen LogP contribution in [0.5, 0.6) is 11.5 Å². The summed E-state index contributed by atoms with van der Waals surface area (Å²) in [7, 11) is 0. The fraction of sp³-hybridized carbons (Fsp3) is 0.294. The summed E-state index contributed by atoms with van der Waals surface area (Å²) in [6, 6.07) is 8.66. The van der Waals surface area contributed by atoms with Gasteiger partial charge in [-0.25, -0.2) is 4.79 Å². The lowest BCUT2D eigenvalue weighted by Crippen LogP contribution is -2.22. The van der Waals surface area contributed by atoms with E-state index in [9.17, 15) is 9.59 Å². The minimum Gasteiger partial charge on any atom is -0.490 e. The summed E-state index contributed by atoms with van der Waals surface area (Å²) in [5.41, 5.74) is 0.425. The Morgan fingerprint density at radius 3 is 2.58 bits per heavy atom. The van der Waals surface area contributed by atoms with E-state index in [-0.39, 0.29) is 5.91 Å². The fourth-order valence-corrected chi connectivity index (χ4v) is 2.86. The number of benzene rings is 1. The van der Waals surface area contributed by atoms with Crippen molar-refractivity contribution < 1.29 is 24.2 Å². The Bertz CT molecular complexity index is 726. The second-order valence-corrected chi connectivity index (χ2v) is 6.34. The molecule has 0 bridgehead atoms. The predicted molar refractivity (Wildman–Crippen MR) is 91.0 cm³/mol. The maximum absolute atomic E-state index is 12.3. The topological polar surface area (TPSA) is 84.9 Å². The predicted octanol–water partition coefficient (Wildman–Crippen LogP) is 2.85. The zero-order valence-electron chi connectivity index (χ0n) is 13.5. The van der Waals surface area contributed by atoms with Crippen molar-refractivity contribution in [2.24, 2.45) is 0 Å². The Labute approximate surface area is 144 Å². The number of carboxylic acid groups (broad SMARTS) is 1. The van der Waals surface area contributed by atoms with E-state index >= 15 is 0 Å². The molecule has 6 nitrogen and oxygen atoms in total. The molecule has 0 fully saturated rings. The van der Waals surface area contributed by atoms with Crippen LogP contribution in [-0.2, 0) is 11.3 Å². The Morgan fingerprint density at radius 1 is 1.17 bits per heavy atom. The molecule has 2 N–H and O–H groups in total. The lowest BCUT2D eigenvalue weighted by atomic mass is 10.2. The van der Waals surface area contributed by atoms with E-state index < -0.39 is 12.6 Å². The minimum atomic E-state index is -1.08. The van der Waals surface area contributed by atoms with Crippen LogP contribution in [0.2, 0.25) is 0 Å². The molecule has 128 valence electrons. The van der Waals surface area contributed by atoms with Gasteiger partial charge in [0.05, 0.1) is 13.2 Å². The van der Waals surface area contributed by atoms with Crippen LogP contribution >= 0.6 is 11.3 Å². The van der Waals surface area contributed by atoms with Crippen LogP contribution in [0.25, 0.3) is 0 Å². The van der Waals surface area contributed by atoms with Crippen molar-refractivity contribution in [2.75, 3.05) is 13.2 Å². The molecule has 0 atom stereocenters. The van der Waals surface area contributed by atoms with Crippen molar-refractivity contribution >= 4 is 23.2 Å². The van der Waals surface area contributed by atoms with Crippen molar-refractivity contribution in [3.63, 3.8) is 0 Å². The second kappa shape index (κ2) is 8.35. The largest absolute Gasteiger partial charge is 0.490 e. The van der Waals surface area contributed by atoms with Gasteiger partial charge < -0.3 is 19.9 Å². The summed E-state index contributed by atoms with van der Waals surface area (Å²) in [5, 5.41) is 11.5. The molecule has 0 saturated carbocycles.